The molecular formula is C16H11Cl2N5O2. The maximum absolute atomic E-state index is 8.30. The molecule has 0 aliphatic carbocycles. The van der Waals surface area contributed by atoms with Crippen molar-refractivity contribution < 1.29 is 9.26 Å². The smallest absolute Gasteiger partial charge is 0.143 e. The van der Waals surface area contributed by atoms with E-state index in [0.717, 1.165) is 0 Å². The van der Waals surface area contributed by atoms with Crippen LogP contribution in [0.5, 0.6) is 5.75 Å². The summed E-state index contributed by atoms with van der Waals surface area (Å²) in [5.41, 5.74) is 10.2. The number of rotatable bonds is 6. The molecule has 126 valence electrons. The Hall–Kier alpha value is -2.73. The average Bonchev–Trinajstić information content (AvgIpc) is 3.09. The van der Waals surface area contributed by atoms with Crippen molar-refractivity contribution in [1.82, 2.24) is 10.1 Å². The van der Waals surface area contributed by atoms with Crippen LogP contribution in [0, 0.1) is 0 Å². The third-order valence-corrected chi connectivity index (χ3v) is 4.00. The lowest BCUT2D eigenvalue weighted by Gasteiger charge is -2.09. The molecule has 0 saturated carbocycles. The number of aromatic nitrogens is 2. The van der Waals surface area contributed by atoms with Gasteiger partial charge in [0.15, 0.2) is 0 Å². The Morgan fingerprint density at radius 1 is 1.16 bits per heavy atom. The molecule has 9 heteroatoms. The summed E-state index contributed by atoms with van der Waals surface area (Å²) in [7, 11) is 0. The van der Waals surface area contributed by atoms with Crippen LogP contribution >= 0.6 is 23.2 Å². The minimum atomic E-state index is 0.100. The lowest BCUT2D eigenvalue weighted by Crippen LogP contribution is -1.98. The van der Waals surface area contributed by atoms with Gasteiger partial charge in [-0.1, -0.05) is 39.5 Å². The summed E-state index contributed by atoms with van der Waals surface area (Å²) in [5.74, 6) is 1.03. The Balaban J connectivity index is 1.68. The van der Waals surface area contributed by atoms with Gasteiger partial charge in [-0.2, -0.15) is 0 Å². The van der Waals surface area contributed by atoms with Gasteiger partial charge < -0.3 is 9.26 Å². The largest absolute Gasteiger partial charge is 0.487 e. The number of ether oxygens (including phenoxy) is 1. The molecule has 3 aromatic rings. The summed E-state index contributed by atoms with van der Waals surface area (Å²) in [4.78, 5) is 6.95. The van der Waals surface area contributed by atoms with Gasteiger partial charge in [0.2, 0.25) is 0 Å². The van der Waals surface area contributed by atoms with Crippen molar-refractivity contribution in [3.05, 3.63) is 74.4 Å². The predicted molar refractivity (Wildman–Crippen MR) is 93.4 cm³/mol. The lowest BCUT2D eigenvalue weighted by molar-refractivity contribution is 0.305. The van der Waals surface area contributed by atoms with E-state index in [2.05, 4.69) is 20.2 Å². The van der Waals surface area contributed by atoms with Crippen LogP contribution < -0.4 is 4.74 Å². The molecule has 0 radical (unpaired) electrons. The van der Waals surface area contributed by atoms with E-state index in [4.69, 9.17) is 38.0 Å². The molecule has 0 unspecified atom stereocenters. The SMILES string of the molecule is [N-]=[N+]=NCc1cc(-c2ccc(OCc3c(Cl)cccc3Cl)cn2)no1. The first-order valence-electron chi connectivity index (χ1n) is 7.16. The van der Waals surface area contributed by atoms with E-state index in [1.807, 2.05) is 0 Å². The highest BCUT2D eigenvalue weighted by molar-refractivity contribution is 6.35. The first-order chi connectivity index (χ1) is 12.2. The molecule has 2 aromatic heterocycles. The molecule has 0 amide bonds. The molecule has 25 heavy (non-hydrogen) atoms. The highest BCUT2D eigenvalue weighted by Gasteiger charge is 2.09. The first kappa shape index (κ1) is 17.1. The van der Waals surface area contributed by atoms with Crippen molar-refractivity contribution >= 4 is 23.2 Å². The van der Waals surface area contributed by atoms with Gasteiger partial charge in [0.25, 0.3) is 0 Å². The van der Waals surface area contributed by atoms with Crippen LogP contribution in [0.25, 0.3) is 21.8 Å². The predicted octanol–water partition coefficient (Wildman–Crippen LogP) is 5.43. The Kier molecular flexibility index (Phi) is 5.40. The van der Waals surface area contributed by atoms with Crippen LogP contribution in [0.1, 0.15) is 11.3 Å². The van der Waals surface area contributed by atoms with E-state index in [1.165, 1.54) is 0 Å². The molecule has 0 atom stereocenters. The van der Waals surface area contributed by atoms with Gasteiger partial charge in [0.05, 0.1) is 18.4 Å². The number of hydrogen-bond donors (Lipinski definition) is 0. The van der Waals surface area contributed by atoms with E-state index in [0.29, 0.717) is 38.5 Å². The van der Waals surface area contributed by atoms with E-state index < -0.39 is 0 Å². The van der Waals surface area contributed by atoms with Crippen LogP contribution in [0.15, 0.2) is 52.2 Å². The molecule has 3 rings (SSSR count). The fourth-order valence-corrected chi connectivity index (χ4v) is 2.56. The lowest BCUT2D eigenvalue weighted by atomic mass is 10.2. The van der Waals surface area contributed by atoms with E-state index >= 15 is 0 Å². The van der Waals surface area contributed by atoms with Crippen LogP contribution in [0.4, 0.5) is 0 Å². The number of hydrogen-bond acceptors (Lipinski definition) is 5. The van der Waals surface area contributed by atoms with Gasteiger partial charge >= 0.3 is 0 Å². The Morgan fingerprint density at radius 2 is 1.96 bits per heavy atom. The van der Waals surface area contributed by atoms with Gasteiger partial charge in [0.1, 0.15) is 23.8 Å². The van der Waals surface area contributed by atoms with E-state index in [-0.39, 0.29) is 13.2 Å². The minimum absolute atomic E-state index is 0.100. The summed E-state index contributed by atoms with van der Waals surface area (Å²) in [6.07, 6.45) is 1.57. The maximum Gasteiger partial charge on any atom is 0.143 e. The second-order valence-corrected chi connectivity index (χ2v) is 5.75. The van der Waals surface area contributed by atoms with Crippen LogP contribution in [0.2, 0.25) is 10.0 Å². The number of pyridine rings is 1. The molecule has 0 bridgehead atoms. The standard InChI is InChI=1S/C16H11Cl2N5O2/c17-13-2-1-3-14(18)12(13)9-24-10-4-5-15(20-7-10)16-6-11(25-22-16)8-21-23-19/h1-7H,8-9H2. The molecule has 2 heterocycles. The van der Waals surface area contributed by atoms with Gasteiger partial charge in [-0.25, -0.2) is 0 Å². The number of azide groups is 1. The van der Waals surface area contributed by atoms with Crippen molar-refractivity contribution in [2.24, 2.45) is 5.11 Å². The monoisotopic (exact) mass is 375 g/mol. The second-order valence-electron chi connectivity index (χ2n) is 4.94. The van der Waals surface area contributed by atoms with Crippen molar-refractivity contribution in [3.8, 4) is 17.1 Å². The molecular weight excluding hydrogens is 365 g/mol. The summed E-state index contributed by atoms with van der Waals surface area (Å²) >= 11 is 12.2. The molecule has 0 saturated heterocycles. The zero-order chi connectivity index (χ0) is 17.6. The van der Waals surface area contributed by atoms with Crippen molar-refractivity contribution in [1.29, 1.82) is 0 Å². The Labute approximate surface area is 152 Å². The summed E-state index contributed by atoms with van der Waals surface area (Å²) in [6.45, 7) is 0.336. The molecule has 0 N–H and O–H groups in total. The van der Waals surface area contributed by atoms with Crippen LogP contribution in [-0.4, -0.2) is 10.1 Å². The zero-order valence-corrected chi connectivity index (χ0v) is 14.3. The molecule has 1 aromatic carbocycles. The second kappa shape index (κ2) is 7.90. The fraction of sp³-hybridized carbons (Fsp3) is 0.125. The highest BCUT2D eigenvalue weighted by atomic mass is 35.5. The van der Waals surface area contributed by atoms with Crippen LogP contribution in [0.3, 0.4) is 0 Å². The minimum Gasteiger partial charge on any atom is -0.487 e. The maximum atomic E-state index is 8.30. The van der Waals surface area contributed by atoms with Gasteiger partial charge in [-0.15, -0.1) is 0 Å². The molecule has 0 spiro atoms. The molecule has 0 aliphatic rings. The number of halogens is 2. The Bertz CT molecular complexity index is 900. The number of benzene rings is 1. The Morgan fingerprint density at radius 3 is 2.64 bits per heavy atom. The van der Waals surface area contributed by atoms with Gasteiger partial charge in [0, 0.05) is 26.6 Å². The number of nitrogens with zero attached hydrogens (tertiary/aromatic N) is 5. The average molecular weight is 376 g/mol. The third kappa shape index (κ3) is 4.22. The highest BCUT2D eigenvalue weighted by Crippen LogP contribution is 2.26. The van der Waals surface area contributed by atoms with Crippen molar-refractivity contribution in [3.63, 3.8) is 0 Å². The van der Waals surface area contributed by atoms with E-state index in [1.54, 1.807) is 42.6 Å². The molecule has 7 nitrogen and oxygen atoms in total. The normalized spacial score (nSPS) is 10.3. The van der Waals surface area contributed by atoms with Gasteiger partial charge in [-0.05, 0) is 29.8 Å². The van der Waals surface area contributed by atoms with Crippen molar-refractivity contribution in [2.45, 2.75) is 13.2 Å². The zero-order valence-electron chi connectivity index (χ0n) is 12.8. The molecule has 0 fully saturated rings. The molecule has 0 aliphatic heterocycles. The topological polar surface area (TPSA) is 96.9 Å². The third-order valence-electron chi connectivity index (χ3n) is 3.29. The summed E-state index contributed by atoms with van der Waals surface area (Å²) in [5, 5.41) is 8.40. The first-order valence-corrected chi connectivity index (χ1v) is 7.91. The summed E-state index contributed by atoms with van der Waals surface area (Å²) in [6, 6.07) is 10.5. The van der Waals surface area contributed by atoms with Crippen LogP contribution in [-0.2, 0) is 13.2 Å². The van der Waals surface area contributed by atoms with E-state index in [9.17, 15) is 0 Å². The van der Waals surface area contributed by atoms with Crippen molar-refractivity contribution in [2.75, 3.05) is 0 Å². The van der Waals surface area contributed by atoms with Gasteiger partial charge in [-0.3, -0.25) is 4.98 Å². The fourth-order valence-electron chi connectivity index (χ4n) is 2.05. The quantitative estimate of drug-likeness (QED) is 0.325. The summed E-state index contributed by atoms with van der Waals surface area (Å²) < 4.78 is 10.7.